The summed E-state index contributed by atoms with van der Waals surface area (Å²) in [6.07, 6.45) is 0. The summed E-state index contributed by atoms with van der Waals surface area (Å²) < 4.78 is 17.4. The first kappa shape index (κ1) is 13.3. The minimum absolute atomic E-state index is 0.280. The first-order chi connectivity index (χ1) is 9.78. The summed E-state index contributed by atoms with van der Waals surface area (Å²) in [5, 5.41) is 0. The molecule has 0 aliphatic carbocycles. The van der Waals surface area contributed by atoms with Crippen molar-refractivity contribution in [3.05, 3.63) is 52.0 Å². The van der Waals surface area contributed by atoms with E-state index in [2.05, 4.69) is 15.9 Å². The number of fused-ring (bicyclic) bond motifs is 1. The molecule has 0 aromatic heterocycles. The number of ether oxygens (including phenoxy) is 3. The second kappa shape index (κ2) is 5.73. The van der Waals surface area contributed by atoms with Crippen LogP contribution in [0.2, 0.25) is 0 Å². The van der Waals surface area contributed by atoms with Gasteiger partial charge in [-0.15, -0.1) is 0 Å². The molecule has 1 aliphatic heterocycles. The Balaban J connectivity index is 1.75. The molecule has 20 heavy (non-hydrogen) atoms. The van der Waals surface area contributed by atoms with Crippen LogP contribution < -0.4 is 19.9 Å². The quantitative estimate of drug-likeness (QED) is 0.932. The summed E-state index contributed by atoms with van der Waals surface area (Å²) in [7, 11) is 0. The molecule has 3 rings (SSSR count). The standard InChI is InChI=1S/C15H14BrNO3/c16-12-2-1-3-13(11(12)7-17)18-8-10-4-5-14-15(6-10)20-9-19-14/h1-6H,7-9,17H2. The van der Waals surface area contributed by atoms with E-state index >= 15 is 0 Å². The van der Waals surface area contributed by atoms with Gasteiger partial charge in [0.2, 0.25) is 6.79 Å². The molecule has 0 spiro atoms. The van der Waals surface area contributed by atoms with Crippen LogP contribution in [0.15, 0.2) is 40.9 Å². The van der Waals surface area contributed by atoms with E-state index in [0.29, 0.717) is 13.2 Å². The van der Waals surface area contributed by atoms with Gasteiger partial charge in [-0.2, -0.15) is 0 Å². The average Bonchev–Trinajstić information content (AvgIpc) is 2.92. The Kier molecular flexibility index (Phi) is 3.80. The van der Waals surface area contributed by atoms with Gasteiger partial charge in [-0.3, -0.25) is 0 Å². The largest absolute Gasteiger partial charge is 0.489 e. The molecule has 1 heterocycles. The lowest BCUT2D eigenvalue weighted by molar-refractivity contribution is 0.174. The van der Waals surface area contributed by atoms with Crippen LogP contribution in [-0.2, 0) is 13.2 Å². The summed E-state index contributed by atoms with van der Waals surface area (Å²) in [6, 6.07) is 11.6. The lowest BCUT2D eigenvalue weighted by Gasteiger charge is -2.12. The van der Waals surface area contributed by atoms with E-state index in [4.69, 9.17) is 19.9 Å². The van der Waals surface area contributed by atoms with Gasteiger partial charge >= 0.3 is 0 Å². The topological polar surface area (TPSA) is 53.7 Å². The predicted octanol–water partition coefficient (Wildman–Crippen LogP) is 3.22. The maximum absolute atomic E-state index is 5.85. The van der Waals surface area contributed by atoms with Crippen molar-refractivity contribution in [3.8, 4) is 17.2 Å². The van der Waals surface area contributed by atoms with Crippen molar-refractivity contribution in [2.24, 2.45) is 5.73 Å². The zero-order valence-electron chi connectivity index (χ0n) is 10.8. The molecule has 2 N–H and O–H groups in total. The highest BCUT2D eigenvalue weighted by Crippen LogP contribution is 2.33. The van der Waals surface area contributed by atoms with E-state index < -0.39 is 0 Å². The van der Waals surface area contributed by atoms with Crippen LogP contribution >= 0.6 is 15.9 Å². The Morgan fingerprint density at radius 1 is 1.15 bits per heavy atom. The van der Waals surface area contributed by atoms with Gasteiger partial charge in [-0.05, 0) is 29.8 Å². The normalized spacial score (nSPS) is 12.5. The van der Waals surface area contributed by atoms with Gasteiger partial charge in [0, 0.05) is 16.6 Å². The summed E-state index contributed by atoms with van der Waals surface area (Å²) in [6.45, 7) is 1.17. The highest BCUT2D eigenvalue weighted by molar-refractivity contribution is 9.10. The van der Waals surface area contributed by atoms with Crippen molar-refractivity contribution >= 4 is 15.9 Å². The van der Waals surface area contributed by atoms with Crippen LogP contribution in [0.25, 0.3) is 0 Å². The molecule has 0 saturated carbocycles. The number of hydrogen-bond acceptors (Lipinski definition) is 4. The van der Waals surface area contributed by atoms with Crippen LogP contribution in [0.1, 0.15) is 11.1 Å². The molecule has 0 atom stereocenters. The maximum atomic E-state index is 5.85. The van der Waals surface area contributed by atoms with Crippen molar-refractivity contribution < 1.29 is 14.2 Å². The Bertz CT molecular complexity index is 631. The molecule has 0 bridgehead atoms. The first-order valence-corrected chi connectivity index (χ1v) is 7.06. The fraction of sp³-hybridized carbons (Fsp3) is 0.200. The van der Waals surface area contributed by atoms with E-state index in [1.165, 1.54) is 0 Å². The Labute approximate surface area is 125 Å². The Morgan fingerprint density at radius 2 is 2.00 bits per heavy atom. The monoisotopic (exact) mass is 335 g/mol. The molecule has 2 aromatic carbocycles. The molecule has 0 fully saturated rings. The van der Waals surface area contributed by atoms with E-state index in [1.807, 2.05) is 36.4 Å². The van der Waals surface area contributed by atoms with Crippen molar-refractivity contribution in [2.75, 3.05) is 6.79 Å². The summed E-state index contributed by atoms with van der Waals surface area (Å²) in [5.41, 5.74) is 7.74. The zero-order chi connectivity index (χ0) is 13.9. The first-order valence-electron chi connectivity index (χ1n) is 6.26. The van der Waals surface area contributed by atoms with Crippen LogP contribution in [0.5, 0.6) is 17.2 Å². The fourth-order valence-corrected chi connectivity index (χ4v) is 2.57. The van der Waals surface area contributed by atoms with Crippen LogP contribution in [0, 0.1) is 0 Å². The zero-order valence-corrected chi connectivity index (χ0v) is 12.4. The molecule has 4 nitrogen and oxygen atoms in total. The number of benzene rings is 2. The number of nitrogens with two attached hydrogens (primary N) is 1. The second-order valence-electron chi connectivity index (χ2n) is 4.40. The molecule has 2 aromatic rings. The van der Waals surface area contributed by atoms with Gasteiger partial charge in [-0.1, -0.05) is 28.1 Å². The molecule has 0 radical (unpaired) electrons. The lowest BCUT2D eigenvalue weighted by Crippen LogP contribution is -2.03. The Hall–Kier alpha value is -1.72. The van der Waals surface area contributed by atoms with Crippen molar-refractivity contribution in [1.82, 2.24) is 0 Å². The molecular weight excluding hydrogens is 322 g/mol. The number of rotatable bonds is 4. The van der Waals surface area contributed by atoms with Gasteiger partial charge < -0.3 is 19.9 Å². The van der Waals surface area contributed by atoms with Gasteiger partial charge in [0.15, 0.2) is 11.5 Å². The molecule has 5 heteroatoms. The molecule has 104 valence electrons. The van der Waals surface area contributed by atoms with Crippen LogP contribution in [0.4, 0.5) is 0 Å². The van der Waals surface area contributed by atoms with E-state index in [1.54, 1.807) is 0 Å². The molecular formula is C15H14BrNO3. The minimum atomic E-state index is 0.280. The Morgan fingerprint density at radius 3 is 2.85 bits per heavy atom. The van der Waals surface area contributed by atoms with Crippen molar-refractivity contribution in [2.45, 2.75) is 13.2 Å². The van der Waals surface area contributed by atoms with Gasteiger partial charge in [-0.25, -0.2) is 0 Å². The van der Waals surface area contributed by atoms with Gasteiger partial charge in [0.25, 0.3) is 0 Å². The molecule has 0 unspecified atom stereocenters. The van der Waals surface area contributed by atoms with Gasteiger partial charge in [0.1, 0.15) is 12.4 Å². The van der Waals surface area contributed by atoms with Crippen LogP contribution in [0.3, 0.4) is 0 Å². The highest BCUT2D eigenvalue weighted by Gasteiger charge is 2.13. The number of hydrogen-bond donors (Lipinski definition) is 1. The van der Waals surface area contributed by atoms with E-state index in [-0.39, 0.29) is 6.79 Å². The highest BCUT2D eigenvalue weighted by atomic mass is 79.9. The van der Waals surface area contributed by atoms with Gasteiger partial charge in [0.05, 0.1) is 0 Å². The predicted molar refractivity (Wildman–Crippen MR) is 78.9 cm³/mol. The maximum Gasteiger partial charge on any atom is 0.231 e. The third-order valence-electron chi connectivity index (χ3n) is 3.11. The smallest absolute Gasteiger partial charge is 0.231 e. The minimum Gasteiger partial charge on any atom is -0.489 e. The third-order valence-corrected chi connectivity index (χ3v) is 3.85. The van der Waals surface area contributed by atoms with E-state index in [9.17, 15) is 0 Å². The summed E-state index contributed by atoms with van der Waals surface area (Å²) in [4.78, 5) is 0. The molecule has 0 amide bonds. The summed E-state index contributed by atoms with van der Waals surface area (Å²) in [5.74, 6) is 2.33. The fourth-order valence-electron chi connectivity index (χ4n) is 2.06. The molecule has 1 aliphatic rings. The number of halogens is 1. The summed E-state index contributed by atoms with van der Waals surface area (Å²) >= 11 is 3.48. The molecule has 0 saturated heterocycles. The van der Waals surface area contributed by atoms with E-state index in [0.717, 1.165) is 32.8 Å². The lowest BCUT2D eigenvalue weighted by atomic mass is 10.2. The van der Waals surface area contributed by atoms with Crippen LogP contribution in [-0.4, -0.2) is 6.79 Å². The third kappa shape index (κ3) is 2.59. The average molecular weight is 336 g/mol. The van der Waals surface area contributed by atoms with Crippen molar-refractivity contribution in [1.29, 1.82) is 0 Å². The second-order valence-corrected chi connectivity index (χ2v) is 5.25. The SMILES string of the molecule is NCc1c(Br)cccc1OCc1ccc2c(c1)OCO2. The van der Waals surface area contributed by atoms with Crippen molar-refractivity contribution in [3.63, 3.8) is 0 Å².